The van der Waals surface area contributed by atoms with Crippen LogP contribution in [0, 0.1) is 11.8 Å². The first-order valence-corrected chi connectivity index (χ1v) is 10.1. The summed E-state index contributed by atoms with van der Waals surface area (Å²) < 4.78 is 9.85. The molecule has 0 spiro atoms. The molecule has 2 aromatic rings. The van der Waals surface area contributed by atoms with Crippen LogP contribution in [0.5, 0.6) is 0 Å². The first-order chi connectivity index (χ1) is 15.7. The maximum Gasteiger partial charge on any atom is 0.354 e. The van der Waals surface area contributed by atoms with Gasteiger partial charge in [0.2, 0.25) is 0 Å². The Kier molecular flexibility index (Phi) is 5.16. The number of ether oxygens (including phenoxy) is 2. The molecule has 2 aliphatic heterocycles. The molecule has 8 heteroatoms. The lowest BCUT2D eigenvalue weighted by molar-refractivity contribution is -0.328. The highest BCUT2D eigenvalue weighted by Gasteiger charge is 2.63. The van der Waals surface area contributed by atoms with E-state index in [4.69, 9.17) is 19.2 Å². The Balaban J connectivity index is 1.74. The van der Waals surface area contributed by atoms with Crippen LogP contribution in [0.1, 0.15) is 11.1 Å². The molecule has 5 rings (SSSR count). The fourth-order valence-corrected chi connectivity index (χ4v) is 4.69. The Morgan fingerprint density at radius 2 is 1.12 bits per heavy atom. The van der Waals surface area contributed by atoms with Crippen molar-refractivity contribution in [3.05, 3.63) is 77.4 Å². The fraction of sp³-hybridized carbons (Fsp3) is 0.250. The molecule has 0 aromatic heterocycles. The molecular formula is C24H20N2O6. The predicted octanol–water partition coefficient (Wildman–Crippen LogP) is 2.59. The van der Waals surface area contributed by atoms with Crippen LogP contribution < -0.4 is 0 Å². The van der Waals surface area contributed by atoms with E-state index < -0.39 is 36.0 Å². The topological polar surface area (TPSA) is 95.8 Å². The zero-order valence-corrected chi connectivity index (χ0v) is 17.4. The second-order valence-corrected chi connectivity index (χ2v) is 7.60. The van der Waals surface area contributed by atoms with E-state index in [-0.39, 0.29) is 11.4 Å². The highest BCUT2D eigenvalue weighted by Crippen LogP contribution is 2.52. The molecule has 162 valence electrons. The Bertz CT molecular complexity index is 1070. The molecule has 0 unspecified atom stereocenters. The Morgan fingerprint density at radius 1 is 0.719 bits per heavy atom. The monoisotopic (exact) mass is 432 g/mol. The molecule has 4 atom stereocenters. The lowest BCUT2D eigenvalue weighted by atomic mass is 9.84. The van der Waals surface area contributed by atoms with Crippen molar-refractivity contribution in [2.75, 3.05) is 14.2 Å². The maximum atomic E-state index is 12.5. The van der Waals surface area contributed by atoms with Crippen LogP contribution in [0.2, 0.25) is 0 Å². The van der Waals surface area contributed by atoms with Gasteiger partial charge in [-0.3, -0.25) is 0 Å². The molecule has 2 heterocycles. The third-order valence-electron chi connectivity index (χ3n) is 6.01. The van der Waals surface area contributed by atoms with Gasteiger partial charge in [-0.2, -0.15) is 0 Å². The van der Waals surface area contributed by atoms with Crippen molar-refractivity contribution >= 4 is 28.9 Å². The highest BCUT2D eigenvalue weighted by atomic mass is 17.2. The van der Waals surface area contributed by atoms with Crippen LogP contribution in [0.3, 0.4) is 0 Å². The van der Waals surface area contributed by atoms with Gasteiger partial charge >= 0.3 is 11.9 Å². The number of hydrogen-bond donors (Lipinski definition) is 0. The summed E-state index contributed by atoms with van der Waals surface area (Å²) in [5.41, 5.74) is 3.86. The van der Waals surface area contributed by atoms with Crippen LogP contribution in [-0.2, 0) is 28.8 Å². The van der Waals surface area contributed by atoms with Crippen molar-refractivity contribution in [3.63, 3.8) is 0 Å². The van der Waals surface area contributed by atoms with Crippen LogP contribution in [-0.4, -0.2) is 49.8 Å². The summed E-state index contributed by atoms with van der Waals surface area (Å²) in [6.45, 7) is 0. The quantitative estimate of drug-likeness (QED) is 0.544. The number of benzene rings is 2. The van der Waals surface area contributed by atoms with E-state index in [9.17, 15) is 9.59 Å². The van der Waals surface area contributed by atoms with E-state index in [1.807, 2.05) is 60.7 Å². The van der Waals surface area contributed by atoms with Crippen molar-refractivity contribution in [1.29, 1.82) is 0 Å². The highest BCUT2D eigenvalue weighted by molar-refractivity contribution is 6.43. The van der Waals surface area contributed by atoms with E-state index in [1.54, 1.807) is 0 Å². The smallest absolute Gasteiger partial charge is 0.354 e. The second-order valence-electron chi connectivity index (χ2n) is 7.60. The van der Waals surface area contributed by atoms with Gasteiger partial charge in [0.05, 0.1) is 26.1 Å². The molecule has 1 saturated carbocycles. The van der Waals surface area contributed by atoms with Gasteiger partial charge in [-0.15, -0.1) is 10.2 Å². The SMILES string of the molecule is COC(=O)C1=NN=C(C(=O)OC)[C@H]2[C@@H]1[C@H]1OO[C@@H]2C1=C(c1ccccc1)c1ccccc1. The van der Waals surface area contributed by atoms with Gasteiger partial charge < -0.3 is 9.47 Å². The van der Waals surface area contributed by atoms with Gasteiger partial charge in [-0.05, 0) is 16.7 Å². The summed E-state index contributed by atoms with van der Waals surface area (Å²) >= 11 is 0. The molecule has 0 N–H and O–H groups in total. The van der Waals surface area contributed by atoms with Crippen LogP contribution in [0.25, 0.3) is 5.57 Å². The van der Waals surface area contributed by atoms with Gasteiger partial charge in [0.15, 0.2) is 11.4 Å². The fourth-order valence-electron chi connectivity index (χ4n) is 4.69. The Hall–Kier alpha value is -3.62. The zero-order chi connectivity index (χ0) is 22.2. The Labute approximate surface area is 184 Å². The van der Waals surface area contributed by atoms with Gasteiger partial charge in [0.25, 0.3) is 0 Å². The summed E-state index contributed by atoms with van der Waals surface area (Å²) in [6, 6.07) is 19.7. The average Bonchev–Trinajstić information content (AvgIpc) is 3.41. The molecule has 2 bridgehead atoms. The summed E-state index contributed by atoms with van der Waals surface area (Å²) in [6.07, 6.45) is -1.29. The normalized spacial score (nSPS) is 25.5. The standard InChI is InChI=1S/C24H20N2O6/c1-29-23(27)19-16-17(20(26-25-19)24(28)30-2)22-18(21(16)31-32-22)15(13-9-5-3-6-10-13)14-11-7-4-8-12-14/h3-12,16-17,21-22H,1-2H3/t16-,17+,21+,22-. The molecular weight excluding hydrogens is 412 g/mol. The summed E-state index contributed by atoms with van der Waals surface area (Å²) in [4.78, 5) is 36.4. The van der Waals surface area contributed by atoms with Crippen LogP contribution >= 0.6 is 0 Å². The largest absolute Gasteiger partial charge is 0.464 e. The number of carbonyl (C=O) groups excluding carboxylic acids is 2. The number of methoxy groups -OCH3 is 2. The molecule has 2 fully saturated rings. The summed E-state index contributed by atoms with van der Waals surface area (Å²) in [5, 5.41) is 8.04. The molecule has 1 saturated heterocycles. The molecule has 2 aromatic carbocycles. The van der Waals surface area contributed by atoms with Crippen molar-refractivity contribution in [2.24, 2.45) is 22.0 Å². The molecule has 0 radical (unpaired) electrons. The molecule has 1 aliphatic carbocycles. The minimum Gasteiger partial charge on any atom is -0.464 e. The van der Waals surface area contributed by atoms with Crippen molar-refractivity contribution in [1.82, 2.24) is 0 Å². The lowest BCUT2D eigenvalue weighted by Gasteiger charge is -2.30. The minimum absolute atomic E-state index is 0.0962. The summed E-state index contributed by atoms with van der Waals surface area (Å²) in [7, 11) is 2.56. The van der Waals surface area contributed by atoms with Crippen molar-refractivity contribution in [3.8, 4) is 0 Å². The van der Waals surface area contributed by atoms with Crippen LogP contribution in [0.4, 0.5) is 0 Å². The van der Waals surface area contributed by atoms with Crippen molar-refractivity contribution in [2.45, 2.75) is 12.2 Å². The average molecular weight is 432 g/mol. The van der Waals surface area contributed by atoms with Gasteiger partial charge in [-0.25, -0.2) is 19.4 Å². The maximum absolute atomic E-state index is 12.5. The number of hydrogen-bond acceptors (Lipinski definition) is 8. The van der Waals surface area contributed by atoms with Gasteiger partial charge in [0.1, 0.15) is 12.2 Å². The van der Waals surface area contributed by atoms with E-state index in [2.05, 4.69) is 10.2 Å². The molecule has 0 amide bonds. The first kappa shape index (κ1) is 20.3. The lowest BCUT2D eigenvalue weighted by Crippen LogP contribution is -2.47. The first-order valence-electron chi connectivity index (χ1n) is 10.1. The van der Waals surface area contributed by atoms with Crippen LogP contribution in [0.15, 0.2) is 76.4 Å². The number of fused-ring (bicyclic) bond motifs is 5. The van der Waals surface area contributed by atoms with E-state index in [0.717, 1.165) is 22.3 Å². The van der Waals surface area contributed by atoms with Gasteiger partial charge in [-0.1, -0.05) is 60.7 Å². The number of esters is 2. The number of carbonyl (C=O) groups is 2. The number of nitrogens with zero attached hydrogens (tertiary/aromatic N) is 2. The predicted molar refractivity (Wildman–Crippen MR) is 115 cm³/mol. The molecule has 32 heavy (non-hydrogen) atoms. The van der Waals surface area contributed by atoms with Crippen molar-refractivity contribution < 1.29 is 28.8 Å². The number of rotatable bonds is 4. The molecule has 3 aliphatic rings. The molecule has 8 nitrogen and oxygen atoms in total. The second kappa shape index (κ2) is 8.14. The Morgan fingerprint density at radius 3 is 1.50 bits per heavy atom. The van der Waals surface area contributed by atoms with Gasteiger partial charge in [0, 0.05) is 5.57 Å². The zero-order valence-electron chi connectivity index (χ0n) is 17.4. The van der Waals surface area contributed by atoms with E-state index >= 15 is 0 Å². The minimum atomic E-state index is -0.645. The van der Waals surface area contributed by atoms with E-state index in [1.165, 1.54) is 14.2 Å². The third kappa shape index (κ3) is 3.07. The van der Waals surface area contributed by atoms with E-state index in [0.29, 0.717) is 0 Å². The third-order valence-corrected chi connectivity index (χ3v) is 6.01. The summed E-state index contributed by atoms with van der Waals surface area (Å²) in [5.74, 6) is -2.43.